The van der Waals surface area contributed by atoms with E-state index in [1.807, 2.05) is 13.8 Å². The van der Waals surface area contributed by atoms with Crippen LogP contribution in [0, 0.1) is 5.41 Å². The summed E-state index contributed by atoms with van der Waals surface area (Å²) in [7, 11) is 0. The predicted octanol–water partition coefficient (Wildman–Crippen LogP) is 1.65. The van der Waals surface area contributed by atoms with Gasteiger partial charge in [-0.3, -0.25) is 4.99 Å². The molecule has 3 atom stereocenters. The van der Waals surface area contributed by atoms with Crippen molar-refractivity contribution in [1.82, 2.24) is 0 Å². The Morgan fingerprint density at radius 2 is 1.85 bits per heavy atom. The average molecular weight is 310 g/mol. The molecule has 0 aromatic heterocycles. The first-order valence-electron chi connectivity index (χ1n) is 7.05. The SMILES string of the molecule is CCCC(CC(C)(CC(O)O)CC(Cl)C(C)O)=NCO. The highest BCUT2D eigenvalue weighted by Crippen LogP contribution is 2.36. The Kier molecular flexibility index (Phi) is 9.59. The minimum Gasteiger partial charge on any atom is -0.392 e. The topological polar surface area (TPSA) is 93.3 Å². The summed E-state index contributed by atoms with van der Waals surface area (Å²) in [4.78, 5) is 4.06. The molecule has 0 saturated heterocycles. The molecule has 0 spiro atoms. The minimum absolute atomic E-state index is 0.150. The summed E-state index contributed by atoms with van der Waals surface area (Å²) >= 11 is 6.12. The Bertz CT molecular complexity index is 297. The summed E-state index contributed by atoms with van der Waals surface area (Å²) in [5.41, 5.74) is 0.355. The number of halogens is 1. The van der Waals surface area contributed by atoms with Crippen molar-refractivity contribution in [3.63, 3.8) is 0 Å². The van der Waals surface area contributed by atoms with E-state index < -0.39 is 23.2 Å². The molecule has 20 heavy (non-hydrogen) atoms. The third-order valence-corrected chi connectivity index (χ3v) is 3.87. The third-order valence-electron chi connectivity index (χ3n) is 3.35. The van der Waals surface area contributed by atoms with E-state index >= 15 is 0 Å². The summed E-state index contributed by atoms with van der Waals surface area (Å²) in [5.74, 6) is 0. The Labute approximate surface area is 126 Å². The van der Waals surface area contributed by atoms with Gasteiger partial charge in [-0.05, 0) is 31.6 Å². The molecular weight excluding hydrogens is 282 g/mol. The van der Waals surface area contributed by atoms with Gasteiger partial charge in [0.15, 0.2) is 6.29 Å². The number of alkyl halides is 1. The fraction of sp³-hybridized carbons (Fsp3) is 0.929. The molecule has 120 valence electrons. The van der Waals surface area contributed by atoms with Gasteiger partial charge in [0.1, 0.15) is 6.73 Å². The van der Waals surface area contributed by atoms with Gasteiger partial charge < -0.3 is 20.4 Å². The van der Waals surface area contributed by atoms with Gasteiger partial charge in [0, 0.05) is 12.1 Å². The van der Waals surface area contributed by atoms with Crippen LogP contribution >= 0.6 is 11.6 Å². The summed E-state index contributed by atoms with van der Waals surface area (Å²) < 4.78 is 0. The van der Waals surface area contributed by atoms with Crippen LogP contribution in [0.2, 0.25) is 0 Å². The molecule has 0 fully saturated rings. The molecule has 0 aliphatic rings. The lowest BCUT2D eigenvalue weighted by molar-refractivity contribution is -0.0715. The molecule has 0 aliphatic carbocycles. The number of nitrogens with zero attached hydrogens (tertiary/aromatic N) is 1. The van der Waals surface area contributed by atoms with Crippen molar-refractivity contribution in [2.45, 2.75) is 70.6 Å². The summed E-state index contributed by atoms with van der Waals surface area (Å²) in [6.07, 6.45) is 0.659. The van der Waals surface area contributed by atoms with Gasteiger partial charge in [-0.1, -0.05) is 20.3 Å². The van der Waals surface area contributed by atoms with Crippen molar-refractivity contribution in [3.05, 3.63) is 0 Å². The highest BCUT2D eigenvalue weighted by Gasteiger charge is 2.32. The molecule has 0 radical (unpaired) electrons. The van der Waals surface area contributed by atoms with E-state index in [-0.39, 0.29) is 13.2 Å². The average Bonchev–Trinajstić information content (AvgIpc) is 2.27. The maximum absolute atomic E-state index is 9.53. The number of hydrogen-bond acceptors (Lipinski definition) is 5. The van der Waals surface area contributed by atoms with Gasteiger partial charge in [-0.25, -0.2) is 0 Å². The largest absolute Gasteiger partial charge is 0.392 e. The van der Waals surface area contributed by atoms with Gasteiger partial charge in [0.2, 0.25) is 0 Å². The Morgan fingerprint density at radius 1 is 1.25 bits per heavy atom. The normalized spacial score (nSPS) is 18.9. The van der Waals surface area contributed by atoms with Gasteiger partial charge in [-0.2, -0.15) is 0 Å². The van der Waals surface area contributed by atoms with Crippen LogP contribution < -0.4 is 0 Å². The van der Waals surface area contributed by atoms with E-state index in [2.05, 4.69) is 4.99 Å². The first-order valence-corrected chi connectivity index (χ1v) is 7.49. The Balaban J connectivity index is 4.96. The minimum atomic E-state index is -1.44. The number of aliphatic imine (C=N–C) groups is 1. The number of hydrogen-bond donors (Lipinski definition) is 4. The number of rotatable bonds is 10. The van der Waals surface area contributed by atoms with Gasteiger partial charge >= 0.3 is 0 Å². The zero-order valence-electron chi connectivity index (χ0n) is 12.6. The molecule has 0 aliphatic heterocycles. The van der Waals surface area contributed by atoms with Gasteiger partial charge in [0.05, 0.1) is 11.5 Å². The van der Waals surface area contributed by atoms with E-state index in [0.717, 1.165) is 18.6 Å². The first kappa shape index (κ1) is 19.8. The number of aliphatic hydroxyl groups is 4. The standard InChI is InChI=1S/C14H28ClNO4/c1-4-5-11(16-9-17)6-14(3,8-13(19)20)7-12(15)10(2)18/h10,12-13,17-20H,4-9H2,1-3H3. The van der Waals surface area contributed by atoms with Crippen LogP contribution in [0.1, 0.15) is 52.9 Å². The molecular formula is C14H28ClNO4. The fourth-order valence-corrected chi connectivity index (χ4v) is 2.79. The molecule has 5 nitrogen and oxygen atoms in total. The second-order valence-corrected chi connectivity index (χ2v) is 6.31. The third kappa shape index (κ3) is 8.17. The Hall–Kier alpha value is -0.200. The van der Waals surface area contributed by atoms with Crippen LogP contribution in [-0.4, -0.2) is 50.6 Å². The monoisotopic (exact) mass is 309 g/mol. The van der Waals surface area contributed by atoms with Gasteiger partial charge in [0.25, 0.3) is 0 Å². The van der Waals surface area contributed by atoms with E-state index in [4.69, 9.17) is 16.7 Å². The van der Waals surface area contributed by atoms with Crippen molar-refractivity contribution in [1.29, 1.82) is 0 Å². The van der Waals surface area contributed by atoms with Crippen LogP contribution in [0.25, 0.3) is 0 Å². The zero-order valence-corrected chi connectivity index (χ0v) is 13.3. The van der Waals surface area contributed by atoms with Crippen molar-refractivity contribution < 1.29 is 20.4 Å². The van der Waals surface area contributed by atoms with Crippen LogP contribution in [0.15, 0.2) is 4.99 Å². The molecule has 4 N–H and O–H groups in total. The van der Waals surface area contributed by atoms with E-state index in [1.165, 1.54) is 0 Å². The second kappa shape index (κ2) is 9.68. The zero-order chi connectivity index (χ0) is 15.8. The van der Waals surface area contributed by atoms with Crippen LogP contribution in [0.4, 0.5) is 0 Å². The highest BCUT2D eigenvalue weighted by atomic mass is 35.5. The smallest absolute Gasteiger partial charge is 0.151 e. The van der Waals surface area contributed by atoms with Crippen molar-refractivity contribution in [3.8, 4) is 0 Å². The fourth-order valence-electron chi connectivity index (χ4n) is 2.41. The van der Waals surface area contributed by atoms with Gasteiger partial charge in [-0.15, -0.1) is 11.6 Å². The predicted molar refractivity (Wildman–Crippen MR) is 80.9 cm³/mol. The quantitative estimate of drug-likeness (QED) is 0.280. The van der Waals surface area contributed by atoms with Crippen LogP contribution in [0.5, 0.6) is 0 Å². The molecule has 3 unspecified atom stereocenters. The summed E-state index contributed by atoms with van der Waals surface area (Å²) in [5, 5.41) is 36.6. The molecule has 0 amide bonds. The first-order chi connectivity index (χ1) is 9.24. The summed E-state index contributed by atoms with van der Waals surface area (Å²) in [6, 6.07) is 0. The Morgan fingerprint density at radius 3 is 2.25 bits per heavy atom. The molecule has 0 heterocycles. The van der Waals surface area contributed by atoms with Crippen molar-refractivity contribution in [2.24, 2.45) is 10.4 Å². The molecule has 0 saturated carbocycles. The van der Waals surface area contributed by atoms with Crippen LogP contribution in [-0.2, 0) is 0 Å². The molecule has 0 bridgehead atoms. The van der Waals surface area contributed by atoms with Crippen molar-refractivity contribution >= 4 is 17.3 Å². The molecule has 6 heteroatoms. The van der Waals surface area contributed by atoms with E-state index in [1.54, 1.807) is 6.92 Å². The van der Waals surface area contributed by atoms with Crippen LogP contribution in [0.3, 0.4) is 0 Å². The van der Waals surface area contributed by atoms with Crippen molar-refractivity contribution in [2.75, 3.05) is 6.73 Å². The lowest BCUT2D eigenvalue weighted by Gasteiger charge is -2.33. The lowest BCUT2D eigenvalue weighted by atomic mass is 9.76. The van der Waals surface area contributed by atoms with E-state index in [9.17, 15) is 15.3 Å². The maximum atomic E-state index is 9.53. The summed E-state index contributed by atoms with van der Waals surface area (Å²) in [6.45, 7) is 5.26. The molecule has 0 aromatic carbocycles. The molecule has 0 aromatic rings. The second-order valence-electron chi connectivity index (χ2n) is 5.75. The maximum Gasteiger partial charge on any atom is 0.151 e. The lowest BCUT2D eigenvalue weighted by Crippen LogP contribution is -2.32. The van der Waals surface area contributed by atoms with E-state index in [0.29, 0.717) is 12.8 Å². The molecule has 0 rings (SSSR count). The number of aliphatic hydroxyl groups excluding tert-OH is 3. The highest BCUT2D eigenvalue weighted by molar-refractivity contribution is 6.21.